The molecular weight excluding hydrogens is 650 g/mol. The Bertz CT molecular complexity index is 1630. The molecule has 2 aliphatic rings. The molecule has 2 atom stereocenters. The number of carbonyl (C=O) groups is 3. The second kappa shape index (κ2) is 13.8. The number of amides is 2. The van der Waals surface area contributed by atoms with Crippen molar-refractivity contribution in [3.8, 4) is 22.1 Å². The molecule has 2 aliphatic heterocycles. The van der Waals surface area contributed by atoms with Gasteiger partial charge in [-0.3, -0.25) is 14.5 Å². The summed E-state index contributed by atoms with van der Waals surface area (Å²) in [6.45, 7) is 3.46. The molecule has 1 aromatic carbocycles. The molecule has 0 unspecified atom stereocenters. The monoisotopic (exact) mass is 671 g/mol. The van der Waals surface area contributed by atoms with E-state index in [9.17, 15) is 29.7 Å². The van der Waals surface area contributed by atoms with E-state index < -0.39 is 29.2 Å². The number of nitrogen functional groups attached to an aromatic ring is 1. The zero-order chi connectivity index (χ0) is 30.1. The number of thioether (sulfide) groups is 2. The van der Waals surface area contributed by atoms with Gasteiger partial charge in [0.25, 0.3) is 11.8 Å². The number of carboxylic acid groups (broad SMARTS) is 1. The molecule has 0 radical (unpaired) electrons. The van der Waals surface area contributed by atoms with Crippen LogP contribution in [0.1, 0.15) is 19.5 Å². The number of rotatable bonds is 10. The van der Waals surface area contributed by atoms with Gasteiger partial charge in [-0.1, -0.05) is 28.3 Å². The number of anilines is 1. The number of benzene rings is 1. The van der Waals surface area contributed by atoms with E-state index in [2.05, 4.69) is 25.7 Å². The summed E-state index contributed by atoms with van der Waals surface area (Å²) >= 11 is 4.88. The van der Waals surface area contributed by atoms with Gasteiger partial charge >= 0.3 is 29.6 Å². The van der Waals surface area contributed by atoms with Crippen molar-refractivity contribution in [2.45, 2.75) is 35.7 Å². The first-order valence-corrected chi connectivity index (χ1v) is 15.9. The second-order valence-corrected chi connectivity index (χ2v) is 13.3. The summed E-state index contributed by atoms with van der Waals surface area (Å²) in [6, 6.07) is 3.29. The number of oxime groups is 1. The zero-order valence-corrected chi connectivity index (χ0v) is 28.1. The summed E-state index contributed by atoms with van der Waals surface area (Å²) < 4.78 is 0.535. The van der Waals surface area contributed by atoms with Crippen LogP contribution in [0.2, 0.25) is 0 Å². The van der Waals surface area contributed by atoms with Gasteiger partial charge < -0.3 is 36.0 Å². The minimum absolute atomic E-state index is 0. The van der Waals surface area contributed by atoms with Crippen LogP contribution >= 0.6 is 46.2 Å². The number of carboxylic acids is 1. The molecule has 5 rings (SSSR count). The van der Waals surface area contributed by atoms with Crippen molar-refractivity contribution in [2.75, 3.05) is 17.2 Å². The standard InChI is InChI=1S/C24H23N7O7S4.Na/c1-9(2)38-30-15(12-8-40-23(25)26-12)18(34)27-16-20(35)31-17(22(36)37)11(6-39-21(16)31)7-41-24-29-28-19(42-24)10-3-4-13(32)14(33)5-10;/h3-5,8-9,16,21,32-33H,6-7H2,1-2H3,(H2,25,26)(H,27,34)(H,36,37);/q;+1/p-1/t16-,21-;/m1./s1. The molecule has 2 aromatic heterocycles. The van der Waals surface area contributed by atoms with E-state index in [1.807, 2.05) is 0 Å². The molecule has 220 valence electrons. The van der Waals surface area contributed by atoms with Gasteiger partial charge in [0, 0.05) is 22.4 Å². The number of hydrogen-bond acceptors (Lipinski definition) is 16. The number of thiazole rings is 1. The number of nitrogens with one attached hydrogen (secondary N) is 1. The molecule has 4 heterocycles. The molecule has 0 bridgehead atoms. The van der Waals surface area contributed by atoms with E-state index in [1.165, 1.54) is 52.4 Å². The minimum atomic E-state index is -1.50. The van der Waals surface area contributed by atoms with E-state index >= 15 is 0 Å². The molecular formula is C24H22N7NaO7S4. The van der Waals surface area contributed by atoms with Crippen LogP contribution in [0, 0.1) is 0 Å². The molecule has 5 N–H and O–H groups in total. The van der Waals surface area contributed by atoms with E-state index in [4.69, 9.17) is 10.6 Å². The van der Waals surface area contributed by atoms with Gasteiger partial charge in [0.1, 0.15) is 28.2 Å². The number of phenolic OH excluding ortho intramolecular Hbond substituents is 2. The zero-order valence-electron chi connectivity index (χ0n) is 22.8. The number of aromatic nitrogens is 3. The number of aliphatic carboxylic acids is 1. The van der Waals surface area contributed by atoms with Gasteiger partial charge in [-0.25, -0.2) is 4.98 Å². The van der Waals surface area contributed by atoms with E-state index in [1.54, 1.807) is 19.9 Å². The summed E-state index contributed by atoms with van der Waals surface area (Å²) in [4.78, 5) is 48.8. The van der Waals surface area contributed by atoms with Gasteiger partial charge in [0.15, 0.2) is 26.7 Å². The van der Waals surface area contributed by atoms with Crippen LogP contribution in [0.5, 0.6) is 11.5 Å². The van der Waals surface area contributed by atoms with Crippen molar-refractivity contribution in [2.24, 2.45) is 5.16 Å². The summed E-state index contributed by atoms with van der Waals surface area (Å²) in [6.07, 6.45) is -0.321. The number of carbonyl (C=O) groups excluding carboxylic acids is 3. The van der Waals surface area contributed by atoms with Crippen molar-refractivity contribution in [1.82, 2.24) is 25.4 Å². The summed E-state index contributed by atoms with van der Waals surface area (Å²) in [7, 11) is 0. The average molecular weight is 672 g/mol. The van der Waals surface area contributed by atoms with Crippen LogP contribution in [0.3, 0.4) is 0 Å². The van der Waals surface area contributed by atoms with Crippen molar-refractivity contribution in [3.63, 3.8) is 0 Å². The molecule has 0 saturated carbocycles. The van der Waals surface area contributed by atoms with E-state index in [0.29, 0.717) is 20.5 Å². The van der Waals surface area contributed by atoms with Gasteiger partial charge in [-0.05, 0) is 37.6 Å². The molecule has 19 heteroatoms. The molecule has 0 aliphatic carbocycles. The Kier molecular flexibility index (Phi) is 10.6. The molecule has 14 nitrogen and oxygen atoms in total. The minimum Gasteiger partial charge on any atom is -0.543 e. The SMILES string of the molecule is CC(C)ON=C(C(=O)N[C@@H]1C(=O)N2C(C(=O)[O-])=C(CSc3nnc(-c4ccc(O)c(O)c4)s3)CS[C@H]12)c1csc(N)n1.[Na+]. The number of fused-ring (bicyclic) bond motifs is 1. The Morgan fingerprint density at radius 3 is 2.72 bits per heavy atom. The number of nitrogens with two attached hydrogens (primary N) is 1. The number of β-lactam (4-membered cyclic amide) rings is 1. The summed E-state index contributed by atoms with van der Waals surface area (Å²) in [5, 5.41) is 47.7. The Morgan fingerprint density at radius 1 is 1.30 bits per heavy atom. The van der Waals surface area contributed by atoms with Gasteiger partial charge in [0.05, 0.1) is 11.7 Å². The fourth-order valence-corrected chi connectivity index (χ4v) is 7.82. The van der Waals surface area contributed by atoms with Gasteiger partial charge in [-0.15, -0.1) is 33.3 Å². The number of hydrogen-bond donors (Lipinski definition) is 4. The topological polar surface area (TPSA) is 216 Å². The number of aromatic hydroxyl groups is 2. The quantitative estimate of drug-likeness (QED) is 0.0458. The van der Waals surface area contributed by atoms with Crippen molar-refractivity contribution < 1.29 is 64.1 Å². The molecule has 3 aromatic rings. The van der Waals surface area contributed by atoms with Crippen LogP contribution in [-0.4, -0.2) is 82.8 Å². The van der Waals surface area contributed by atoms with Crippen molar-refractivity contribution in [3.05, 3.63) is 40.5 Å². The van der Waals surface area contributed by atoms with Crippen LogP contribution in [-0.2, 0) is 19.2 Å². The largest absolute Gasteiger partial charge is 1.00 e. The Labute approximate surface area is 283 Å². The van der Waals surface area contributed by atoms with E-state index in [0.717, 1.165) is 16.2 Å². The second-order valence-electron chi connectivity index (χ2n) is 9.13. The fourth-order valence-electron chi connectivity index (χ4n) is 3.94. The van der Waals surface area contributed by atoms with E-state index in [-0.39, 0.29) is 80.9 Å². The first-order chi connectivity index (χ1) is 20.0. The maximum absolute atomic E-state index is 13.1. The maximum Gasteiger partial charge on any atom is 1.00 e. The van der Waals surface area contributed by atoms with Gasteiger partial charge in [-0.2, -0.15) is 0 Å². The molecule has 2 amide bonds. The van der Waals surface area contributed by atoms with Crippen molar-refractivity contribution >= 4 is 74.8 Å². The third-order valence-corrected chi connectivity index (χ3v) is 10.1. The van der Waals surface area contributed by atoms with Crippen LogP contribution < -0.4 is 45.7 Å². The Hall–Kier alpha value is -2.87. The predicted molar refractivity (Wildman–Crippen MR) is 156 cm³/mol. The number of nitrogens with zero attached hydrogens (tertiary/aromatic N) is 5. The smallest absolute Gasteiger partial charge is 0.543 e. The Morgan fingerprint density at radius 2 is 2.07 bits per heavy atom. The van der Waals surface area contributed by atoms with Crippen LogP contribution in [0.25, 0.3) is 10.6 Å². The number of phenols is 2. The first kappa shape index (κ1) is 33.0. The molecule has 1 saturated heterocycles. The maximum atomic E-state index is 13.1. The normalized spacial score (nSPS) is 18.2. The average Bonchev–Trinajstić information content (AvgIpc) is 3.60. The van der Waals surface area contributed by atoms with Crippen LogP contribution in [0.4, 0.5) is 5.13 Å². The third kappa shape index (κ3) is 7.11. The Balaban J connectivity index is 0.00000423. The van der Waals surface area contributed by atoms with Crippen LogP contribution in [0.15, 0.2) is 44.3 Å². The molecule has 43 heavy (non-hydrogen) atoms. The predicted octanol–water partition coefficient (Wildman–Crippen LogP) is -2.02. The molecule has 1 fully saturated rings. The fraction of sp³-hybridized carbons (Fsp3) is 0.292. The third-order valence-electron chi connectivity index (χ3n) is 5.86. The molecule has 0 spiro atoms. The van der Waals surface area contributed by atoms with Gasteiger partial charge in [0.2, 0.25) is 0 Å². The summed E-state index contributed by atoms with van der Waals surface area (Å²) in [5.74, 6) is -2.89. The first-order valence-electron chi connectivity index (χ1n) is 12.2. The summed E-state index contributed by atoms with van der Waals surface area (Å²) in [5.41, 5.74) is 6.51. The van der Waals surface area contributed by atoms with Crippen molar-refractivity contribution in [1.29, 1.82) is 0 Å².